The van der Waals surface area contributed by atoms with Gasteiger partial charge in [-0.1, -0.05) is 19.8 Å². The Kier molecular flexibility index (Phi) is 5.54. The first-order chi connectivity index (χ1) is 10.6. The maximum Gasteiger partial charge on any atom is 0.333 e. The number of rotatable bonds is 7. The maximum atomic E-state index is 12.7. The van der Waals surface area contributed by atoms with Crippen LogP contribution in [0.4, 0.5) is 0 Å². The van der Waals surface area contributed by atoms with Crippen LogP contribution in [0.1, 0.15) is 51.0 Å². The molecule has 1 aliphatic heterocycles. The van der Waals surface area contributed by atoms with Gasteiger partial charge in [0.1, 0.15) is 12.3 Å². The van der Waals surface area contributed by atoms with E-state index in [1.807, 2.05) is 6.92 Å². The Hall–Kier alpha value is -1.89. The molecule has 122 valence electrons. The number of carboxylic acids is 1. The highest BCUT2D eigenvalue weighted by molar-refractivity contribution is 5.86. The summed E-state index contributed by atoms with van der Waals surface area (Å²) in [6.45, 7) is 2.49. The highest BCUT2D eigenvalue weighted by Crippen LogP contribution is 2.33. The number of nitrogens with zero attached hydrogens (tertiary/aromatic N) is 2. The summed E-state index contributed by atoms with van der Waals surface area (Å²) in [5.74, 6) is -2.15. The van der Waals surface area contributed by atoms with Gasteiger partial charge in [0.25, 0.3) is 0 Å². The van der Waals surface area contributed by atoms with Crippen molar-refractivity contribution in [2.75, 3.05) is 6.54 Å². The number of likely N-dealkylation sites (tertiary alicyclic amines) is 1. The lowest BCUT2D eigenvalue weighted by Gasteiger charge is -2.28. The number of unbranched alkanes of at least 4 members (excludes halogenated alkanes) is 1. The topological polar surface area (TPSA) is 104 Å². The number of aliphatic hydroxyl groups is 1. The summed E-state index contributed by atoms with van der Waals surface area (Å²) in [4.78, 5) is 29.5. The van der Waals surface area contributed by atoms with Gasteiger partial charge < -0.3 is 19.5 Å². The van der Waals surface area contributed by atoms with Gasteiger partial charge in [-0.2, -0.15) is 0 Å². The summed E-state index contributed by atoms with van der Waals surface area (Å²) in [5, 5.41) is 18.9. The van der Waals surface area contributed by atoms with E-state index in [1.54, 1.807) is 4.90 Å². The van der Waals surface area contributed by atoms with Crippen molar-refractivity contribution in [1.82, 2.24) is 9.88 Å². The Morgan fingerprint density at radius 1 is 1.55 bits per heavy atom. The normalized spacial score (nSPS) is 20.8. The predicted molar refractivity (Wildman–Crippen MR) is 76.8 cm³/mol. The van der Waals surface area contributed by atoms with Crippen LogP contribution in [0.2, 0.25) is 0 Å². The summed E-state index contributed by atoms with van der Waals surface area (Å²) >= 11 is 0. The van der Waals surface area contributed by atoms with Gasteiger partial charge in [-0.05, 0) is 19.3 Å². The SMILES string of the molecule is CCCCC(C(=O)N1CCC[C@@H]1c1ncco1)C(O)C(=O)O. The number of carboxylic acid groups (broad SMARTS) is 1. The Morgan fingerprint density at radius 2 is 2.32 bits per heavy atom. The van der Waals surface area contributed by atoms with Crippen LogP contribution in [-0.2, 0) is 9.59 Å². The molecule has 22 heavy (non-hydrogen) atoms. The molecule has 7 heteroatoms. The smallest absolute Gasteiger partial charge is 0.333 e. The molecule has 0 aromatic carbocycles. The first-order valence-corrected chi connectivity index (χ1v) is 7.67. The van der Waals surface area contributed by atoms with Gasteiger partial charge >= 0.3 is 5.97 Å². The Labute approximate surface area is 128 Å². The zero-order valence-corrected chi connectivity index (χ0v) is 12.6. The molecular weight excluding hydrogens is 288 g/mol. The van der Waals surface area contributed by atoms with Crippen LogP contribution in [0.3, 0.4) is 0 Å². The minimum absolute atomic E-state index is 0.271. The van der Waals surface area contributed by atoms with Gasteiger partial charge in [0.15, 0.2) is 6.10 Å². The van der Waals surface area contributed by atoms with E-state index in [4.69, 9.17) is 9.52 Å². The van der Waals surface area contributed by atoms with Crippen molar-refractivity contribution in [3.05, 3.63) is 18.4 Å². The van der Waals surface area contributed by atoms with E-state index in [1.165, 1.54) is 12.5 Å². The predicted octanol–water partition coefficient (Wildman–Crippen LogP) is 1.59. The second-order valence-corrected chi connectivity index (χ2v) is 5.59. The molecule has 1 aliphatic rings. The molecule has 2 unspecified atom stereocenters. The Balaban J connectivity index is 2.16. The van der Waals surface area contributed by atoms with E-state index in [9.17, 15) is 14.7 Å². The Morgan fingerprint density at radius 3 is 2.91 bits per heavy atom. The van der Waals surface area contributed by atoms with Gasteiger partial charge in [0, 0.05) is 6.54 Å². The van der Waals surface area contributed by atoms with Crippen molar-refractivity contribution in [3.63, 3.8) is 0 Å². The number of carbonyl (C=O) groups is 2. The molecule has 0 saturated carbocycles. The second kappa shape index (κ2) is 7.40. The minimum Gasteiger partial charge on any atom is -0.479 e. The molecule has 3 atom stereocenters. The number of aliphatic carboxylic acids is 1. The third-order valence-electron chi connectivity index (χ3n) is 4.09. The number of hydrogen-bond donors (Lipinski definition) is 2. The third kappa shape index (κ3) is 3.47. The number of hydrogen-bond acceptors (Lipinski definition) is 5. The van der Waals surface area contributed by atoms with Crippen LogP contribution >= 0.6 is 0 Å². The molecule has 1 amide bonds. The summed E-state index contributed by atoms with van der Waals surface area (Å²) in [7, 11) is 0. The fourth-order valence-corrected chi connectivity index (χ4v) is 2.91. The molecule has 2 N–H and O–H groups in total. The van der Waals surface area contributed by atoms with Crippen LogP contribution in [0, 0.1) is 5.92 Å². The lowest BCUT2D eigenvalue weighted by molar-refractivity contribution is -0.157. The molecule has 0 spiro atoms. The van der Waals surface area contributed by atoms with Crippen molar-refractivity contribution in [2.24, 2.45) is 5.92 Å². The first kappa shape index (κ1) is 16.5. The lowest BCUT2D eigenvalue weighted by atomic mass is 9.94. The monoisotopic (exact) mass is 310 g/mol. The number of oxazole rings is 1. The van der Waals surface area contributed by atoms with Crippen LogP contribution in [-0.4, -0.2) is 44.6 Å². The summed E-state index contributed by atoms with van der Waals surface area (Å²) in [6.07, 6.45) is 4.73. The fourth-order valence-electron chi connectivity index (χ4n) is 2.91. The largest absolute Gasteiger partial charge is 0.479 e. The zero-order valence-electron chi connectivity index (χ0n) is 12.6. The minimum atomic E-state index is -1.68. The maximum absolute atomic E-state index is 12.7. The van der Waals surface area contributed by atoms with Gasteiger partial charge in [-0.15, -0.1) is 0 Å². The van der Waals surface area contributed by atoms with Gasteiger partial charge in [0.2, 0.25) is 11.8 Å². The molecule has 7 nitrogen and oxygen atoms in total. The number of carbonyl (C=O) groups excluding carboxylic acids is 1. The van der Waals surface area contributed by atoms with Crippen molar-refractivity contribution in [1.29, 1.82) is 0 Å². The molecule has 2 heterocycles. The fraction of sp³-hybridized carbons (Fsp3) is 0.667. The Bertz CT molecular complexity index is 502. The van der Waals surface area contributed by atoms with Crippen molar-refractivity contribution < 1.29 is 24.2 Å². The van der Waals surface area contributed by atoms with E-state index >= 15 is 0 Å². The molecule has 0 bridgehead atoms. The molecule has 1 saturated heterocycles. The molecule has 1 aromatic heterocycles. The highest BCUT2D eigenvalue weighted by atomic mass is 16.4. The van der Waals surface area contributed by atoms with Gasteiger partial charge in [-0.25, -0.2) is 9.78 Å². The van der Waals surface area contributed by atoms with E-state index in [0.717, 1.165) is 19.3 Å². The number of aromatic nitrogens is 1. The zero-order chi connectivity index (χ0) is 16.1. The molecule has 1 fully saturated rings. The van der Waals surface area contributed by atoms with Gasteiger partial charge in [-0.3, -0.25) is 4.79 Å². The van der Waals surface area contributed by atoms with Gasteiger partial charge in [0.05, 0.1) is 12.1 Å². The molecular formula is C15H22N2O5. The molecule has 2 rings (SSSR count). The summed E-state index contributed by atoms with van der Waals surface area (Å²) < 4.78 is 5.28. The molecule has 1 aromatic rings. The third-order valence-corrected chi connectivity index (χ3v) is 4.09. The molecule has 0 aliphatic carbocycles. The quantitative estimate of drug-likeness (QED) is 0.792. The van der Waals surface area contributed by atoms with Crippen LogP contribution in [0.25, 0.3) is 0 Å². The standard InChI is InChI=1S/C15H22N2O5/c1-2-3-5-10(12(18)15(20)21)14(19)17-8-4-6-11(17)13-16-7-9-22-13/h7,9-12,18H,2-6,8H2,1H3,(H,20,21)/t10?,11-,12?/m1/s1. The highest BCUT2D eigenvalue weighted by Gasteiger charge is 2.40. The lowest BCUT2D eigenvalue weighted by Crippen LogP contribution is -2.43. The van der Waals surface area contributed by atoms with Crippen molar-refractivity contribution in [2.45, 2.75) is 51.2 Å². The summed E-state index contributed by atoms with van der Waals surface area (Å²) in [5.41, 5.74) is 0. The van der Waals surface area contributed by atoms with Crippen LogP contribution in [0.15, 0.2) is 16.9 Å². The van der Waals surface area contributed by atoms with E-state index < -0.39 is 18.0 Å². The number of aliphatic hydroxyl groups excluding tert-OH is 1. The van der Waals surface area contributed by atoms with Crippen LogP contribution in [0.5, 0.6) is 0 Å². The van der Waals surface area contributed by atoms with Crippen molar-refractivity contribution in [3.8, 4) is 0 Å². The van der Waals surface area contributed by atoms with E-state index in [0.29, 0.717) is 25.3 Å². The van der Waals surface area contributed by atoms with Crippen LogP contribution < -0.4 is 0 Å². The summed E-state index contributed by atoms with van der Waals surface area (Å²) in [6, 6.07) is -0.271. The molecule has 0 radical (unpaired) electrons. The average molecular weight is 310 g/mol. The second-order valence-electron chi connectivity index (χ2n) is 5.59. The average Bonchev–Trinajstić information content (AvgIpc) is 3.17. The van der Waals surface area contributed by atoms with Crippen molar-refractivity contribution >= 4 is 11.9 Å². The van der Waals surface area contributed by atoms with E-state index in [-0.39, 0.29) is 11.9 Å². The number of amides is 1. The van der Waals surface area contributed by atoms with E-state index in [2.05, 4.69) is 4.98 Å². The first-order valence-electron chi connectivity index (χ1n) is 7.67.